The third-order valence-electron chi connectivity index (χ3n) is 5.16. The Bertz CT molecular complexity index is 1090. The van der Waals surface area contributed by atoms with E-state index in [0.29, 0.717) is 0 Å². The first kappa shape index (κ1) is 23.2. The van der Waals surface area contributed by atoms with Gasteiger partial charge >= 0.3 is 5.97 Å². The smallest absolute Gasteiger partial charge is 0.336 e. The molecule has 1 unspecified atom stereocenters. The fraction of sp³-hybridized carbons (Fsp3) is 0.421. The lowest BCUT2D eigenvalue weighted by Gasteiger charge is -2.34. The molecule has 2 heterocycles. The number of benzene rings is 1. The Hall–Kier alpha value is -2.47. The molecule has 1 aromatic carbocycles. The molecule has 0 fully saturated rings. The van der Waals surface area contributed by atoms with Crippen molar-refractivity contribution < 1.29 is 39.9 Å². The molecular weight excluding hydrogens is 447 g/mol. The number of hydrogen-bond donors (Lipinski definition) is 0. The SMILES string of the molecule is CCOC(=O)C1=CN(C)C2=C(C1c1c(F)c(F)c(F)c(F)c1F)S(=O)(=O)CCN(C)C2. The van der Waals surface area contributed by atoms with Gasteiger partial charge in [-0.2, -0.15) is 0 Å². The Morgan fingerprint density at radius 3 is 2.16 bits per heavy atom. The van der Waals surface area contributed by atoms with Gasteiger partial charge in [-0.3, -0.25) is 4.90 Å². The van der Waals surface area contributed by atoms with Gasteiger partial charge in [0.05, 0.1) is 28.8 Å². The molecule has 0 amide bonds. The average molecular weight is 466 g/mol. The normalized spacial score (nSPS) is 21.5. The molecule has 0 saturated carbocycles. The van der Waals surface area contributed by atoms with Crippen LogP contribution in [0, 0.1) is 29.1 Å². The van der Waals surface area contributed by atoms with E-state index >= 15 is 0 Å². The summed E-state index contributed by atoms with van der Waals surface area (Å²) in [6.45, 7) is 1.34. The van der Waals surface area contributed by atoms with Gasteiger partial charge in [0, 0.05) is 37.6 Å². The number of likely N-dealkylation sites (N-methyl/N-ethyl adjacent to an activating group) is 2. The van der Waals surface area contributed by atoms with E-state index in [-0.39, 0.29) is 25.4 Å². The van der Waals surface area contributed by atoms with Gasteiger partial charge < -0.3 is 9.64 Å². The lowest BCUT2D eigenvalue weighted by Crippen LogP contribution is -2.34. The molecule has 2 aliphatic rings. The molecule has 0 aliphatic carbocycles. The van der Waals surface area contributed by atoms with Gasteiger partial charge in [-0.1, -0.05) is 0 Å². The van der Waals surface area contributed by atoms with Crippen LogP contribution in [-0.4, -0.2) is 63.7 Å². The zero-order valence-corrected chi connectivity index (χ0v) is 17.6. The van der Waals surface area contributed by atoms with Crippen molar-refractivity contribution in [2.24, 2.45) is 0 Å². The number of hydrogen-bond acceptors (Lipinski definition) is 6. The standard InChI is InChI=1S/C19H19F5N2O4S/c1-4-30-19(27)9-7-26(3)10-8-25(2)5-6-31(28,29)18(10)11(9)12-13(20)15(22)17(24)16(23)14(12)21/h7,11H,4-6,8H2,1-3H3. The van der Waals surface area contributed by atoms with Gasteiger partial charge in [0.1, 0.15) is 0 Å². The van der Waals surface area contributed by atoms with E-state index in [0.717, 1.165) is 6.20 Å². The molecule has 12 heteroatoms. The van der Waals surface area contributed by atoms with Crippen LogP contribution >= 0.6 is 0 Å². The second-order valence-corrected chi connectivity index (χ2v) is 9.28. The number of carbonyl (C=O) groups is 1. The molecule has 0 bridgehead atoms. The third kappa shape index (κ3) is 3.82. The molecule has 31 heavy (non-hydrogen) atoms. The highest BCUT2D eigenvalue weighted by molar-refractivity contribution is 7.95. The van der Waals surface area contributed by atoms with Crippen LogP contribution in [0.2, 0.25) is 0 Å². The summed E-state index contributed by atoms with van der Waals surface area (Å²) >= 11 is 0. The fourth-order valence-corrected chi connectivity index (χ4v) is 5.60. The zero-order chi connectivity index (χ0) is 23.2. The van der Waals surface area contributed by atoms with Gasteiger partial charge in [0.2, 0.25) is 5.82 Å². The number of carbonyl (C=O) groups excluding carboxylic acids is 1. The highest BCUT2D eigenvalue weighted by atomic mass is 32.2. The summed E-state index contributed by atoms with van der Waals surface area (Å²) in [4.78, 5) is 14.9. The van der Waals surface area contributed by atoms with Crippen LogP contribution in [0.25, 0.3) is 0 Å². The summed E-state index contributed by atoms with van der Waals surface area (Å²) in [5, 5.41) is 0. The Morgan fingerprint density at radius 1 is 1.06 bits per heavy atom. The maximum atomic E-state index is 14.8. The van der Waals surface area contributed by atoms with Crippen LogP contribution in [0.1, 0.15) is 18.4 Å². The van der Waals surface area contributed by atoms with E-state index < -0.39 is 72.6 Å². The van der Waals surface area contributed by atoms with Crippen molar-refractivity contribution in [2.75, 3.05) is 39.5 Å². The van der Waals surface area contributed by atoms with Crippen LogP contribution in [-0.2, 0) is 19.4 Å². The highest BCUT2D eigenvalue weighted by Gasteiger charge is 2.45. The summed E-state index contributed by atoms with van der Waals surface area (Å²) in [5.74, 6) is -14.9. The van der Waals surface area contributed by atoms with Crippen molar-refractivity contribution >= 4 is 15.8 Å². The summed E-state index contributed by atoms with van der Waals surface area (Å²) in [5.41, 5.74) is -1.91. The van der Waals surface area contributed by atoms with Crippen LogP contribution in [0.5, 0.6) is 0 Å². The Labute approximate surface area is 175 Å². The van der Waals surface area contributed by atoms with E-state index in [4.69, 9.17) is 4.74 Å². The van der Waals surface area contributed by atoms with Crippen molar-refractivity contribution in [2.45, 2.75) is 12.8 Å². The van der Waals surface area contributed by atoms with Crippen molar-refractivity contribution in [1.29, 1.82) is 0 Å². The maximum Gasteiger partial charge on any atom is 0.336 e. The molecule has 0 aromatic heterocycles. The minimum atomic E-state index is -4.26. The predicted molar refractivity (Wildman–Crippen MR) is 99.8 cm³/mol. The van der Waals surface area contributed by atoms with E-state index in [9.17, 15) is 35.2 Å². The number of esters is 1. The first-order valence-electron chi connectivity index (χ1n) is 9.19. The third-order valence-corrected chi connectivity index (χ3v) is 7.02. The topological polar surface area (TPSA) is 66.9 Å². The highest BCUT2D eigenvalue weighted by Crippen LogP contribution is 2.45. The average Bonchev–Trinajstić information content (AvgIpc) is 2.83. The van der Waals surface area contributed by atoms with Crippen molar-refractivity contribution in [3.63, 3.8) is 0 Å². The van der Waals surface area contributed by atoms with Crippen LogP contribution in [0.3, 0.4) is 0 Å². The Balaban J connectivity index is 2.42. The molecule has 2 aliphatic heterocycles. The predicted octanol–water partition coefficient (Wildman–Crippen LogP) is 2.43. The lowest BCUT2D eigenvalue weighted by atomic mass is 9.86. The molecule has 0 saturated heterocycles. The second-order valence-electron chi connectivity index (χ2n) is 7.20. The van der Waals surface area contributed by atoms with Gasteiger partial charge in [0.25, 0.3) is 0 Å². The number of halogens is 5. The molecular formula is C19H19F5N2O4S. The lowest BCUT2D eigenvalue weighted by molar-refractivity contribution is -0.138. The fourth-order valence-electron chi connectivity index (χ4n) is 3.66. The maximum absolute atomic E-state index is 14.8. The van der Waals surface area contributed by atoms with Crippen molar-refractivity contribution in [1.82, 2.24) is 9.80 Å². The van der Waals surface area contributed by atoms with Gasteiger partial charge in [-0.25, -0.2) is 35.2 Å². The number of allylic oxidation sites excluding steroid dienone is 1. The first-order chi connectivity index (χ1) is 14.4. The summed E-state index contributed by atoms with van der Waals surface area (Å²) in [7, 11) is -1.24. The number of ether oxygens (including phenoxy) is 1. The zero-order valence-electron chi connectivity index (χ0n) is 16.8. The molecule has 6 nitrogen and oxygen atoms in total. The quantitative estimate of drug-likeness (QED) is 0.295. The molecule has 0 radical (unpaired) electrons. The van der Waals surface area contributed by atoms with Crippen LogP contribution in [0.4, 0.5) is 22.0 Å². The minimum Gasteiger partial charge on any atom is -0.463 e. The number of rotatable bonds is 3. The van der Waals surface area contributed by atoms with E-state index in [2.05, 4.69) is 0 Å². The summed E-state index contributed by atoms with van der Waals surface area (Å²) < 4.78 is 102. The van der Waals surface area contributed by atoms with Gasteiger partial charge in [-0.05, 0) is 14.0 Å². The summed E-state index contributed by atoms with van der Waals surface area (Å²) in [6.07, 6.45) is 1.09. The van der Waals surface area contributed by atoms with E-state index in [1.165, 1.54) is 18.9 Å². The molecule has 170 valence electrons. The van der Waals surface area contributed by atoms with Crippen molar-refractivity contribution in [3.8, 4) is 0 Å². The van der Waals surface area contributed by atoms with Gasteiger partial charge in [-0.15, -0.1) is 0 Å². The molecule has 1 aromatic rings. The largest absolute Gasteiger partial charge is 0.463 e. The second kappa shape index (κ2) is 8.23. The molecule has 1 atom stereocenters. The van der Waals surface area contributed by atoms with Crippen molar-refractivity contribution in [3.05, 3.63) is 57.0 Å². The minimum absolute atomic E-state index is 0.00354. The Kier molecular flexibility index (Phi) is 6.16. The molecule has 3 rings (SSSR count). The molecule has 0 spiro atoms. The summed E-state index contributed by atoms with van der Waals surface area (Å²) in [6, 6.07) is 0. The number of sulfone groups is 1. The molecule has 0 N–H and O–H groups in total. The van der Waals surface area contributed by atoms with Gasteiger partial charge in [0.15, 0.2) is 33.1 Å². The van der Waals surface area contributed by atoms with Crippen LogP contribution < -0.4 is 0 Å². The first-order valence-corrected chi connectivity index (χ1v) is 10.8. The van der Waals surface area contributed by atoms with Crippen LogP contribution in [0.15, 0.2) is 22.4 Å². The Morgan fingerprint density at radius 2 is 1.61 bits per heavy atom. The van der Waals surface area contributed by atoms with E-state index in [1.807, 2.05) is 0 Å². The monoisotopic (exact) mass is 466 g/mol. The number of nitrogens with zero attached hydrogens (tertiary/aromatic N) is 2. The van der Waals surface area contributed by atoms with E-state index in [1.54, 1.807) is 11.9 Å².